The Hall–Kier alpha value is -1.85. The molecule has 0 aromatic heterocycles. The number of esters is 1. The number of nitrogens with two attached hydrogens (primary N) is 1. The predicted octanol–water partition coefficient (Wildman–Crippen LogP) is 2.68. The predicted molar refractivity (Wildman–Crippen MR) is 90.2 cm³/mol. The molecule has 0 unspecified atom stereocenters. The van der Waals surface area contributed by atoms with Crippen LogP contribution in [0, 0.1) is 5.92 Å². The Morgan fingerprint density at radius 3 is 2.39 bits per heavy atom. The smallest absolute Gasteiger partial charge is 0.324 e. The molecule has 1 rings (SSSR count). The van der Waals surface area contributed by atoms with Crippen LogP contribution >= 0.6 is 0 Å². The van der Waals surface area contributed by atoms with E-state index in [1.165, 1.54) is 0 Å². The molecule has 23 heavy (non-hydrogen) atoms. The van der Waals surface area contributed by atoms with Gasteiger partial charge in [0, 0.05) is 5.92 Å². The summed E-state index contributed by atoms with van der Waals surface area (Å²) in [7, 11) is 1.62. The molecular formula is C18H27NO4. The maximum atomic E-state index is 12.0. The first-order valence-corrected chi connectivity index (χ1v) is 7.58. The van der Waals surface area contributed by atoms with Gasteiger partial charge in [0.25, 0.3) is 0 Å². The van der Waals surface area contributed by atoms with Gasteiger partial charge < -0.3 is 19.9 Å². The highest BCUT2D eigenvalue weighted by Gasteiger charge is 2.27. The van der Waals surface area contributed by atoms with Crippen molar-refractivity contribution in [3.05, 3.63) is 42.5 Å². The summed E-state index contributed by atoms with van der Waals surface area (Å²) < 4.78 is 16.0. The van der Waals surface area contributed by atoms with Gasteiger partial charge in [-0.05, 0) is 38.5 Å². The zero-order chi connectivity index (χ0) is 17.5. The van der Waals surface area contributed by atoms with Gasteiger partial charge in [0.05, 0.1) is 20.3 Å². The zero-order valence-corrected chi connectivity index (χ0v) is 14.4. The third kappa shape index (κ3) is 6.84. The van der Waals surface area contributed by atoms with Crippen molar-refractivity contribution >= 4 is 5.97 Å². The second-order valence-corrected chi connectivity index (χ2v) is 6.32. The Morgan fingerprint density at radius 2 is 1.91 bits per heavy atom. The Kier molecular flexibility index (Phi) is 7.26. The van der Waals surface area contributed by atoms with Crippen LogP contribution in [-0.4, -0.2) is 31.3 Å². The van der Waals surface area contributed by atoms with Crippen molar-refractivity contribution in [1.82, 2.24) is 0 Å². The van der Waals surface area contributed by atoms with Crippen molar-refractivity contribution in [3.63, 3.8) is 0 Å². The van der Waals surface area contributed by atoms with Crippen LogP contribution in [0.3, 0.4) is 0 Å². The average molecular weight is 321 g/mol. The first kappa shape index (κ1) is 19.2. The van der Waals surface area contributed by atoms with Crippen molar-refractivity contribution in [2.75, 3.05) is 13.7 Å². The second kappa shape index (κ2) is 8.70. The van der Waals surface area contributed by atoms with E-state index in [4.69, 9.17) is 19.9 Å². The van der Waals surface area contributed by atoms with Crippen molar-refractivity contribution in [3.8, 4) is 5.75 Å². The molecule has 0 aliphatic rings. The summed E-state index contributed by atoms with van der Waals surface area (Å²) in [6, 6.07) is 6.81. The van der Waals surface area contributed by atoms with Crippen LogP contribution in [-0.2, 0) is 20.9 Å². The Bertz CT molecular complexity index is 505. The minimum Gasteiger partial charge on any atom is -0.497 e. The van der Waals surface area contributed by atoms with E-state index in [-0.39, 0.29) is 5.92 Å². The molecule has 5 nitrogen and oxygen atoms in total. The van der Waals surface area contributed by atoms with Gasteiger partial charge in [-0.3, -0.25) is 4.79 Å². The van der Waals surface area contributed by atoms with E-state index in [0.29, 0.717) is 13.2 Å². The number of methoxy groups -OCH3 is 1. The summed E-state index contributed by atoms with van der Waals surface area (Å²) in [6.45, 7) is 9.87. The highest BCUT2D eigenvalue weighted by atomic mass is 16.6. The molecule has 0 saturated heterocycles. The maximum absolute atomic E-state index is 12.0. The second-order valence-electron chi connectivity index (χ2n) is 6.32. The lowest BCUT2D eigenvalue weighted by Gasteiger charge is -2.25. The van der Waals surface area contributed by atoms with E-state index in [1.54, 1.807) is 34.0 Å². The maximum Gasteiger partial charge on any atom is 0.324 e. The minimum atomic E-state index is -0.789. The highest BCUT2D eigenvalue weighted by molar-refractivity contribution is 5.76. The van der Waals surface area contributed by atoms with Gasteiger partial charge in [0.1, 0.15) is 17.4 Å². The number of hydrogen-bond acceptors (Lipinski definition) is 5. The topological polar surface area (TPSA) is 70.8 Å². The van der Waals surface area contributed by atoms with Crippen LogP contribution in [0.4, 0.5) is 0 Å². The fraction of sp³-hybridized carbons (Fsp3) is 0.500. The highest BCUT2D eigenvalue weighted by Crippen LogP contribution is 2.15. The Labute approximate surface area is 138 Å². The zero-order valence-electron chi connectivity index (χ0n) is 14.4. The average Bonchev–Trinajstić information content (AvgIpc) is 2.50. The van der Waals surface area contributed by atoms with Crippen molar-refractivity contribution in [2.24, 2.45) is 11.7 Å². The number of rotatable bonds is 8. The lowest BCUT2D eigenvalue weighted by Crippen LogP contribution is -2.43. The lowest BCUT2D eigenvalue weighted by molar-refractivity contribution is -0.158. The minimum absolute atomic E-state index is 0.302. The molecule has 128 valence electrons. The molecule has 0 amide bonds. The number of hydrogen-bond donors (Lipinski definition) is 1. The summed E-state index contributed by atoms with van der Waals surface area (Å²) in [6.07, 6.45) is 1.63. The molecule has 0 heterocycles. The molecule has 2 atom stereocenters. The van der Waals surface area contributed by atoms with E-state index < -0.39 is 17.6 Å². The van der Waals surface area contributed by atoms with Crippen molar-refractivity contribution in [1.29, 1.82) is 0 Å². The van der Waals surface area contributed by atoms with E-state index in [0.717, 1.165) is 11.3 Å². The van der Waals surface area contributed by atoms with Gasteiger partial charge in [-0.1, -0.05) is 18.2 Å². The normalized spacial score (nSPS) is 14.0. The molecule has 0 fully saturated rings. The van der Waals surface area contributed by atoms with Crippen LogP contribution in [0.5, 0.6) is 5.75 Å². The largest absolute Gasteiger partial charge is 0.497 e. The van der Waals surface area contributed by atoms with Crippen LogP contribution in [0.1, 0.15) is 26.3 Å². The van der Waals surface area contributed by atoms with Crippen molar-refractivity contribution in [2.45, 2.75) is 39.0 Å². The first-order chi connectivity index (χ1) is 10.8. The molecule has 0 bridgehead atoms. The Morgan fingerprint density at radius 1 is 1.30 bits per heavy atom. The lowest BCUT2D eigenvalue weighted by atomic mass is 10.0. The van der Waals surface area contributed by atoms with Crippen LogP contribution < -0.4 is 10.5 Å². The third-order valence-electron chi connectivity index (χ3n) is 3.18. The SMILES string of the molecule is C=C[C@H](COCc1ccc(OC)cc1)[C@H](N)C(=O)OC(C)(C)C. The van der Waals surface area contributed by atoms with E-state index in [1.807, 2.05) is 24.3 Å². The van der Waals surface area contributed by atoms with E-state index in [9.17, 15) is 4.79 Å². The van der Waals surface area contributed by atoms with Gasteiger partial charge in [0.15, 0.2) is 0 Å². The van der Waals surface area contributed by atoms with Crippen molar-refractivity contribution < 1.29 is 19.0 Å². The summed E-state index contributed by atoms with van der Waals surface area (Å²) in [5.74, 6) is 0.0446. The van der Waals surface area contributed by atoms with Crippen LogP contribution in [0.15, 0.2) is 36.9 Å². The van der Waals surface area contributed by atoms with Gasteiger partial charge in [-0.25, -0.2) is 0 Å². The van der Waals surface area contributed by atoms with E-state index in [2.05, 4.69) is 6.58 Å². The number of carbonyl (C=O) groups excluding carboxylic acids is 1. The van der Waals surface area contributed by atoms with E-state index >= 15 is 0 Å². The third-order valence-corrected chi connectivity index (χ3v) is 3.18. The molecular weight excluding hydrogens is 294 g/mol. The van der Waals surface area contributed by atoms with Gasteiger partial charge in [-0.2, -0.15) is 0 Å². The number of ether oxygens (including phenoxy) is 3. The molecule has 0 spiro atoms. The number of benzene rings is 1. The fourth-order valence-electron chi connectivity index (χ4n) is 1.90. The van der Waals surface area contributed by atoms with Gasteiger partial charge >= 0.3 is 5.97 Å². The summed E-state index contributed by atoms with van der Waals surface area (Å²) in [5, 5.41) is 0. The van der Waals surface area contributed by atoms with Crippen LogP contribution in [0.2, 0.25) is 0 Å². The monoisotopic (exact) mass is 321 g/mol. The molecule has 0 aliphatic heterocycles. The quantitative estimate of drug-likeness (QED) is 0.589. The molecule has 5 heteroatoms. The molecule has 2 N–H and O–H groups in total. The molecule has 0 saturated carbocycles. The number of carbonyl (C=O) groups is 1. The molecule has 1 aromatic rings. The summed E-state index contributed by atoms with van der Waals surface area (Å²) >= 11 is 0. The standard InChI is InChI=1S/C18H27NO4/c1-6-14(16(19)17(20)23-18(2,3)4)12-22-11-13-7-9-15(21-5)10-8-13/h6-10,14,16H,1,11-12,19H2,2-5H3/t14-,16+/m1/s1. The van der Waals surface area contributed by atoms with Gasteiger partial charge in [0.2, 0.25) is 0 Å². The fourth-order valence-corrected chi connectivity index (χ4v) is 1.90. The summed E-state index contributed by atoms with van der Waals surface area (Å²) in [4.78, 5) is 12.0. The molecule has 0 aliphatic carbocycles. The Balaban J connectivity index is 2.49. The summed E-state index contributed by atoms with van der Waals surface area (Å²) in [5.41, 5.74) is 6.40. The molecule has 1 aromatic carbocycles. The first-order valence-electron chi connectivity index (χ1n) is 7.58. The van der Waals surface area contributed by atoms with Gasteiger partial charge in [-0.15, -0.1) is 6.58 Å². The van der Waals surface area contributed by atoms with Crippen LogP contribution in [0.25, 0.3) is 0 Å². The molecule has 0 radical (unpaired) electrons.